The van der Waals surface area contributed by atoms with Gasteiger partial charge in [0.2, 0.25) is 5.91 Å². The summed E-state index contributed by atoms with van der Waals surface area (Å²) in [6.07, 6.45) is 1.26. The molecule has 102 valence electrons. The second kappa shape index (κ2) is 5.38. The van der Waals surface area contributed by atoms with Gasteiger partial charge in [0.15, 0.2) is 0 Å². The molecule has 0 saturated heterocycles. The summed E-state index contributed by atoms with van der Waals surface area (Å²) in [5, 5.41) is 3.58. The second-order valence-corrected chi connectivity index (χ2v) is 6.12. The summed E-state index contributed by atoms with van der Waals surface area (Å²) in [6, 6.07) is 11.5. The number of halogens is 1. The fourth-order valence-corrected chi connectivity index (χ4v) is 3.32. The van der Waals surface area contributed by atoms with Crippen molar-refractivity contribution in [1.82, 2.24) is 0 Å². The first-order valence-corrected chi connectivity index (χ1v) is 7.47. The van der Waals surface area contributed by atoms with Crippen molar-refractivity contribution in [2.45, 2.75) is 22.6 Å². The lowest BCUT2D eigenvalue weighted by Gasteiger charge is -2.19. The Bertz CT molecular complexity index is 688. The molecular weight excluding hydrogens is 292 g/mol. The summed E-state index contributed by atoms with van der Waals surface area (Å²) in [5.41, 5.74) is 8.75. The van der Waals surface area contributed by atoms with Crippen LogP contribution in [-0.2, 0) is 11.2 Å². The molecule has 0 bridgehead atoms. The van der Waals surface area contributed by atoms with Gasteiger partial charge in [-0.25, -0.2) is 0 Å². The average molecular weight is 305 g/mol. The number of benzene rings is 2. The van der Waals surface area contributed by atoms with Crippen LogP contribution in [0.15, 0.2) is 46.2 Å². The first kappa shape index (κ1) is 13.3. The molecule has 1 heterocycles. The summed E-state index contributed by atoms with van der Waals surface area (Å²) in [4.78, 5) is 13.3. The van der Waals surface area contributed by atoms with E-state index in [9.17, 15) is 4.79 Å². The molecule has 0 aliphatic carbocycles. The molecule has 3 N–H and O–H groups in total. The van der Waals surface area contributed by atoms with Gasteiger partial charge in [0.1, 0.15) is 0 Å². The Hall–Kier alpha value is -1.65. The van der Waals surface area contributed by atoms with Crippen LogP contribution in [0.4, 0.5) is 11.4 Å². The highest BCUT2D eigenvalue weighted by molar-refractivity contribution is 7.99. The number of aryl methyl sites for hydroxylation is 1. The van der Waals surface area contributed by atoms with Gasteiger partial charge < -0.3 is 11.1 Å². The van der Waals surface area contributed by atoms with Crippen LogP contribution in [0.1, 0.15) is 12.0 Å². The molecule has 5 heteroatoms. The first-order chi connectivity index (χ1) is 9.63. The summed E-state index contributed by atoms with van der Waals surface area (Å²) in [7, 11) is 0. The molecule has 0 saturated carbocycles. The van der Waals surface area contributed by atoms with E-state index in [1.165, 1.54) is 11.8 Å². The molecule has 1 aliphatic heterocycles. The number of fused-ring (bicyclic) bond motifs is 1. The maximum Gasteiger partial charge on any atom is 0.224 e. The molecule has 2 aromatic rings. The fraction of sp³-hybridized carbons (Fsp3) is 0.133. The Morgan fingerprint density at radius 1 is 1.15 bits per heavy atom. The minimum atomic E-state index is 0.0518. The zero-order valence-corrected chi connectivity index (χ0v) is 12.2. The van der Waals surface area contributed by atoms with E-state index in [1.54, 1.807) is 0 Å². The van der Waals surface area contributed by atoms with Gasteiger partial charge in [0, 0.05) is 27.6 Å². The number of anilines is 2. The zero-order chi connectivity index (χ0) is 14.1. The summed E-state index contributed by atoms with van der Waals surface area (Å²) >= 11 is 7.67. The van der Waals surface area contributed by atoms with E-state index in [4.69, 9.17) is 17.3 Å². The number of hydrogen-bond donors (Lipinski definition) is 2. The number of nitrogen functional groups attached to an aromatic ring is 1. The number of rotatable bonds is 2. The maximum atomic E-state index is 11.5. The molecule has 0 unspecified atom stereocenters. The molecule has 0 aromatic heterocycles. The van der Waals surface area contributed by atoms with Crippen LogP contribution < -0.4 is 11.1 Å². The van der Waals surface area contributed by atoms with Crippen molar-refractivity contribution in [3.8, 4) is 0 Å². The molecule has 3 nitrogen and oxygen atoms in total. The predicted octanol–water partition coefficient (Wildman–Crippen LogP) is 3.96. The fourth-order valence-electron chi connectivity index (χ4n) is 2.16. The van der Waals surface area contributed by atoms with E-state index >= 15 is 0 Å². The predicted molar refractivity (Wildman–Crippen MR) is 83.4 cm³/mol. The van der Waals surface area contributed by atoms with Crippen molar-refractivity contribution in [1.29, 1.82) is 0 Å². The minimum absolute atomic E-state index is 0.0518. The summed E-state index contributed by atoms with van der Waals surface area (Å²) in [5.74, 6) is 0.0518. The van der Waals surface area contributed by atoms with Gasteiger partial charge in [0.05, 0.1) is 5.02 Å². The number of amides is 1. The number of carbonyl (C=O) groups is 1. The van der Waals surface area contributed by atoms with Gasteiger partial charge in [-0.2, -0.15) is 0 Å². The molecule has 2 aromatic carbocycles. The highest BCUT2D eigenvalue weighted by atomic mass is 35.5. The van der Waals surface area contributed by atoms with Crippen LogP contribution in [0, 0.1) is 0 Å². The lowest BCUT2D eigenvalue weighted by molar-refractivity contribution is -0.116. The number of nitrogens with two attached hydrogens (primary N) is 1. The topological polar surface area (TPSA) is 55.1 Å². The van der Waals surface area contributed by atoms with Crippen LogP contribution in [-0.4, -0.2) is 5.91 Å². The van der Waals surface area contributed by atoms with Crippen molar-refractivity contribution in [2.75, 3.05) is 11.1 Å². The Morgan fingerprint density at radius 2 is 1.95 bits per heavy atom. The van der Waals surface area contributed by atoms with E-state index in [0.29, 0.717) is 17.1 Å². The largest absolute Gasteiger partial charge is 0.398 e. The van der Waals surface area contributed by atoms with Crippen molar-refractivity contribution in [3.05, 3.63) is 47.0 Å². The molecule has 1 aliphatic rings. The van der Waals surface area contributed by atoms with Crippen molar-refractivity contribution in [2.24, 2.45) is 0 Å². The van der Waals surface area contributed by atoms with E-state index in [1.807, 2.05) is 36.4 Å². The number of nitrogens with one attached hydrogen (secondary N) is 1. The molecule has 3 rings (SSSR count). The van der Waals surface area contributed by atoms with Crippen LogP contribution in [0.5, 0.6) is 0 Å². The molecular formula is C15H13ClN2OS. The third-order valence-corrected chi connectivity index (χ3v) is 4.78. The number of hydrogen-bond acceptors (Lipinski definition) is 3. The Balaban J connectivity index is 1.96. The van der Waals surface area contributed by atoms with E-state index < -0.39 is 0 Å². The lowest BCUT2D eigenvalue weighted by atomic mass is 10.0. The van der Waals surface area contributed by atoms with Gasteiger partial charge in [-0.05, 0) is 36.2 Å². The van der Waals surface area contributed by atoms with Crippen LogP contribution in [0.2, 0.25) is 5.02 Å². The highest BCUT2D eigenvalue weighted by Crippen LogP contribution is 2.39. The van der Waals surface area contributed by atoms with Gasteiger partial charge in [-0.15, -0.1) is 0 Å². The Kier molecular flexibility index (Phi) is 3.59. The maximum absolute atomic E-state index is 11.5. The van der Waals surface area contributed by atoms with Crippen molar-refractivity contribution < 1.29 is 4.79 Å². The molecule has 1 amide bonds. The Labute approximate surface area is 126 Å². The number of carbonyl (C=O) groups excluding carboxylic acids is 1. The van der Waals surface area contributed by atoms with E-state index in [2.05, 4.69) is 5.32 Å². The van der Waals surface area contributed by atoms with Gasteiger partial charge in [-0.3, -0.25) is 4.79 Å². The molecule has 0 spiro atoms. The minimum Gasteiger partial charge on any atom is -0.398 e. The molecule has 0 radical (unpaired) electrons. The third-order valence-electron chi connectivity index (χ3n) is 3.19. The van der Waals surface area contributed by atoms with Crippen LogP contribution in [0.25, 0.3) is 0 Å². The van der Waals surface area contributed by atoms with Crippen LogP contribution in [0.3, 0.4) is 0 Å². The molecule has 20 heavy (non-hydrogen) atoms. The van der Waals surface area contributed by atoms with Crippen molar-refractivity contribution >= 4 is 40.6 Å². The second-order valence-electron chi connectivity index (χ2n) is 4.63. The quantitative estimate of drug-likeness (QED) is 0.826. The Morgan fingerprint density at radius 3 is 2.75 bits per heavy atom. The smallest absolute Gasteiger partial charge is 0.224 e. The first-order valence-electron chi connectivity index (χ1n) is 6.28. The summed E-state index contributed by atoms with van der Waals surface area (Å²) in [6.45, 7) is 0. The van der Waals surface area contributed by atoms with Crippen LogP contribution >= 0.6 is 23.4 Å². The SMILES string of the molecule is Nc1cc2c(cc1Sc1ccccc1Cl)NC(=O)CC2. The van der Waals surface area contributed by atoms with Crippen molar-refractivity contribution in [3.63, 3.8) is 0 Å². The lowest BCUT2D eigenvalue weighted by Crippen LogP contribution is -2.19. The third kappa shape index (κ3) is 2.62. The van der Waals surface area contributed by atoms with Gasteiger partial charge in [-0.1, -0.05) is 35.5 Å². The normalized spacial score (nSPS) is 13.8. The molecule has 0 fully saturated rings. The standard InChI is InChI=1S/C15H13ClN2OS/c16-10-3-1-2-4-13(10)20-14-8-12-9(7-11(14)17)5-6-15(19)18-12/h1-4,7-8H,5-6,17H2,(H,18,19). The highest BCUT2D eigenvalue weighted by Gasteiger charge is 2.17. The molecule has 0 atom stereocenters. The average Bonchev–Trinajstić information content (AvgIpc) is 2.42. The van der Waals surface area contributed by atoms with E-state index in [0.717, 1.165) is 27.5 Å². The van der Waals surface area contributed by atoms with Gasteiger partial charge in [0.25, 0.3) is 0 Å². The van der Waals surface area contributed by atoms with E-state index in [-0.39, 0.29) is 5.91 Å². The summed E-state index contributed by atoms with van der Waals surface area (Å²) < 4.78 is 0. The van der Waals surface area contributed by atoms with Gasteiger partial charge >= 0.3 is 0 Å². The monoisotopic (exact) mass is 304 g/mol. The zero-order valence-electron chi connectivity index (χ0n) is 10.7.